The predicted octanol–water partition coefficient (Wildman–Crippen LogP) is 5.75. The standard InChI is InChI=1S/C22H22Br2O4/c1-3-27-21(25)20(22(26)28-4-2)19(16-8-12-18(24)13-9-16)14-7-15-5-10-17(23)11-6-15/h5-14,19-20H,3-4H2,1-2H3/b14-7+/t19-/m1/s1. The molecular formula is C22H22Br2O4. The van der Waals surface area contributed by atoms with Gasteiger partial charge in [0.2, 0.25) is 0 Å². The van der Waals surface area contributed by atoms with E-state index in [1.165, 1.54) is 0 Å². The number of ether oxygens (including phenoxy) is 2. The number of carbonyl (C=O) groups excluding carboxylic acids is 2. The fourth-order valence-corrected chi connectivity index (χ4v) is 3.27. The lowest BCUT2D eigenvalue weighted by Gasteiger charge is -2.22. The topological polar surface area (TPSA) is 52.6 Å². The number of hydrogen-bond acceptors (Lipinski definition) is 4. The molecule has 2 aromatic rings. The van der Waals surface area contributed by atoms with E-state index in [1.54, 1.807) is 13.8 Å². The average Bonchev–Trinajstić information content (AvgIpc) is 2.67. The first-order valence-corrected chi connectivity index (χ1v) is 10.6. The lowest BCUT2D eigenvalue weighted by Crippen LogP contribution is -2.32. The first-order valence-electron chi connectivity index (χ1n) is 8.98. The van der Waals surface area contributed by atoms with Gasteiger partial charge in [-0.2, -0.15) is 0 Å². The molecule has 0 aromatic heterocycles. The summed E-state index contributed by atoms with van der Waals surface area (Å²) in [5, 5.41) is 0. The molecule has 4 nitrogen and oxygen atoms in total. The van der Waals surface area contributed by atoms with Gasteiger partial charge in [-0.1, -0.05) is 68.3 Å². The van der Waals surface area contributed by atoms with Crippen LogP contribution >= 0.6 is 31.9 Å². The van der Waals surface area contributed by atoms with Crippen LogP contribution in [-0.2, 0) is 19.1 Å². The molecule has 0 saturated heterocycles. The molecule has 28 heavy (non-hydrogen) atoms. The van der Waals surface area contributed by atoms with Crippen LogP contribution in [0.5, 0.6) is 0 Å². The highest BCUT2D eigenvalue weighted by Crippen LogP contribution is 2.31. The summed E-state index contributed by atoms with van der Waals surface area (Å²) in [6.45, 7) is 3.81. The summed E-state index contributed by atoms with van der Waals surface area (Å²) in [6, 6.07) is 15.3. The number of esters is 2. The number of rotatable bonds is 8. The van der Waals surface area contributed by atoms with Crippen LogP contribution in [0.2, 0.25) is 0 Å². The maximum absolute atomic E-state index is 12.6. The Morgan fingerprint density at radius 2 is 1.32 bits per heavy atom. The summed E-state index contributed by atoms with van der Waals surface area (Å²) in [7, 11) is 0. The van der Waals surface area contributed by atoms with Gasteiger partial charge < -0.3 is 9.47 Å². The monoisotopic (exact) mass is 508 g/mol. The molecule has 0 amide bonds. The minimum atomic E-state index is -1.08. The molecule has 148 valence electrons. The van der Waals surface area contributed by atoms with E-state index in [-0.39, 0.29) is 13.2 Å². The van der Waals surface area contributed by atoms with Crippen molar-refractivity contribution in [3.8, 4) is 0 Å². The molecule has 0 unspecified atom stereocenters. The predicted molar refractivity (Wildman–Crippen MR) is 117 cm³/mol. The lowest BCUT2D eigenvalue weighted by molar-refractivity contribution is -0.162. The van der Waals surface area contributed by atoms with E-state index in [0.29, 0.717) is 0 Å². The smallest absolute Gasteiger partial charge is 0.321 e. The van der Waals surface area contributed by atoms with Gasteiger partial charge in [0.1, 0.15) is 0 Å². The zero-order chi connectivity index (χ0) is 20.5. The van der Waals surface area contributed by atoms with Crippen molar-refractivity contribution in [2.24, 2.45) is 5.92 Å². The molecule has 0 aliphatic carbocycles. The van der Waals surface area contributed by atoms with E-state index in [4.69, 9.17) is 9.47 Å². The zero-order valence-electron chi connectivity index (χ0n) is 15.7. The Labute approximate surface area is 182 Å². The maximum Gasteiger partial charge on any atom is 0.321 e. The highest BCUT2D eigenvalue weighted by molar-refractivity contribution is 9.10. The van der Waals surface area contributed by atoms with Crippen molar-refractivity contribution < 1.29 is 19.1 Å². The van der Waals surface area contributed by atoms with Crippen LogP contribution in [0.25, 0.3) is 6.08 Å². The number of halogens is 2. The minimum absolute atomic E-state index is 0.193. The van der Waals surface area contributed by atoms with Gasteiger partial charge in [0.25, 0.3) is 0 Å². The van der Waals surface area contributed by atoms with Crippen molar-refractivity contribution in [2.75, 3.05) is 13.2 Å². The van der Waals surface area contributed by atoms with Gasteiger partial charge in [-0.05, 0) is 49.2 Å². The largest absolute Gasteiger partial charge is 0.465 e. The number of allylic oxidation sites excluding steroid dienone is 1. The van der Waals surface area contributed by atoms with Gasteiger partial charge in [0, 0.05) is 14.9 Å². The van der Waals surface area contributed by atoms with Crippen LogP contribution < -0.4 is 0 Å². The molecule has 2 aromatic carbocycles. The highest BCUT2D eigenvalue weighted by atomic mass is 79.9. The van der Waals surface area contributed by atoms with Gasteiger partial charge in [0.05, 0.1) is 13.2 Å². The second kappa shape index (κ2) is 11.2. The quantitative estimate of drug-likeness (QED) is 0.335. The third kappa shape index (κ3) is 6.31. The van der Waals surface area contributed by atoms with Gasteiger partial charge in [-0.3, -0.25) is 9.59 Å². The third-order valence-electron chi connectivity index (χ3n) is 4.06. The summed E-state index contributed by atoms with van der Waals surface area (Å²) in [4.78, 5) is 25.2. The fraction of sp³-hybridized carbons (Fsp3) is 0.273. The first kappa shape index (κ1) is 22.4. The van der Waals surface area contributed by atoms with Gasteiger partial charge in [-0.15, -0.1) is 0 Å². The second-order valence-corrected chi connectivity index (χ2v) is 7.80. The van der Waals surface area contributed by atoms with Crippen molar-refractivity contribution in [1.29, 1.82) is 0 Å². The molecule has 0 aliphatic heterocycles. The van der Waals surface area contributed by atoms with Crippen LogP contribution in [0.1, 0.15) is 30.9 Å². The molecule has 0 spiro atoms. The van der Waals surface area contributed by atoms with Crippen molar-refractivity contribution in [3.05, 3.63) is 74.7 Å². The Morgan fingerprint density at radius 3 is 1.79 bits per heavy atom. The molecule has 0 saturated carbocycles. The molecule has 0 aliphatic rings. The van der Waals surface area contributed by atoms with Crippen molar-refractivity contribution >= 4 is 49.9 Å². The Balaban J connectivity index is 2.46. The molecule has 0 bridgehead atoms. The molecule has 1 atom stereocenters. The Kier molecular flexibility index (Phi) is 8.93. The number of carbonyl (C=O) groups is 2. The van der Waals surface area contributed by atoms with Gasteiger partial charge >= 0.3 is 11.9 Å². The van der Waals surface area contributed by atoms with Crippen LogP contribution in [-0.4, -0.2) is 25.2 Å². The SMILES string of the molecule is CCOC(=O)C(C(=O)OCC)[C@H](/C=C/c1ccc(Br)cc1)c1ccc(Br)cc1. The normalized spacial score (nSPS) is 12.2. The molecule has 0 fully saturated rings. The first-order chi connectivity index (χ1) is 13.5. The molecule has 2 rings (SSSR count). The van der Waals surface area contributed by atoms with E-state index in [1.807, 2.05) is 60.7 Å². The summed E-state index contributed by atoms with van der Waals surface area (Å²) in [5.74, 6) is -2.77. The van der Waals surface area contributed by atoms with Crippen molar-refractivity contribution in [2.45, 2.75) is 19.8 Å². The molecule has 0 radical (unpaired) electrons. The summed E-state index contributed by atoms with van der Waals surface area (Å²) in [5.41, 5.74) is 1.78. The van der Waals surface area contributed by atoms with E-state index in [9.17, 15) is 9.59 Å². The van der Waals surface area contributed by atoms with Gasteiger partial charge in [-0.25, -0.2) is 0 Å². The van der Waals surface area contributed by atoms with Crippen LogP contribution in [0.15, 0.2) is 63.6 Å². The van der Waals surface area contributed by atoms with Gasteiger partial charge in [0.15, 0.2) is 5.92 Å². The number of benzene rings is 2. The average molecular weight is 510 g/mol. The molecule has 0 N–H and O–H groups in total. The zero-order valence-corrected chi connectivity index (χ0v) is 18.9. The molecule has 0 heterocycles. The van der Waals surface area contributed by atoms with E-state index in [2.05, 4.69) is 31.9 Å². The highest BCUT2D eigenvalue weighted by Gasteiger charge is 2.37. The Hall–Kier alpha value is -1.92. The summed E-state index contributed by atoms with van der Waals surface area (Å²) in [6.07, 6.45) is 3.75. The lowest BCUT2D eigenvalue weighted by atomic mass is 9.85. The fourth-order valence-electron chi connectivity index (χ4n) is 2.74. The molecular weight excluding hydrogens is 488 g/mol. The Bertz CT molecular complexity index is 795. The number of hydrogen-bond donors (Lipinski definition) is 0. The Morgan fingerprint density at radius 1 is 0.857 bits per heavy atom. The van der Waals surface area contributed by atoms with Crippen LogP contribution in [0.4, 0.5) is 0 Å². The summed E-state index contributed by atoms with van der Waals surface area (Å²) < 4.78 is 12.2. The second-order valence-electron chi connectivity index (χ2n) is 5.97. The summed E-state index contributed by atoms with van der Waals surface area (Å²) >= 11 is 6.83. The van der Waals surface area contributed by atoms with Crippen molar-refractivity contribution in [1.82, 2.24) is 0 Å². The van der Waals surface area contributed by atoms with E-state index < -0.39 is 23.8 Å². The van der Waals surface area contributed by atoms with E-state index in [0.717, 1.165) is 20.1 Å². The molecule has 6 heteroatoms. The van der Waals surface area contributed by atoms with E-state index >= 15 is 0 Å². The van der Waals surface area contributed by atoms with Crippen LogP contribution in [0.3, 0.4) is 0 Å². The maximum atomic E-state index is 12.6. The third-order valence-corrected chi connectivity index (χ3v) is 5.12. The van der Waals surface area contributed by atoms with Crippen LogP contribution in [0, 0.1) is 5.92 Å². The van der Waals surface area contributed by atoms with Crippen molar-refractivity contribution in [3.63, 3.8) is 0 Å². The minimum Gasteiger partial charge on any atom is -0.465 e.